The van der Waals surface area contributed by atoms with Crippen molar-refractivity contribution in [3.05, 3.63) is 12.2 Å². The van der Waals surface area contributed by atoms with Crippen molar-refractivity contribution < 1.29 is 59.5 Å². The number of aliphatic hydroxyl groups is 6. The number of hydrogen-bond acceptors (Lipinski definition) is 11. The second-order valence-corrected chi connectivity index (χ2v) is 14.0. The lowest BCUT2D eigenvalue weighted by Gasteiger charge is -2.43. The molecular formula is C37H68O12. The Bertz CT molecular complexity index is 859. The van der Waals surface area contributed by atoms with Crippen LogP contribution in [-0.2, 0) is 23.7 Å². The van der Waals surface area contributed by atoms with Crippen LogP contribution in [0.25, 0.3) is 0 Å². The second kappa shape index (κ2) is 26.6. The Hall–Kier alpha value is -1.19. The molecule has 0 amide bonds. The van der Waals surface area contributed by atoms with Gasteiger partial charge in [-0.05, 0) is 44.9 Å². The Morgan fingerprint density at radius 2 is 1.31 bits per heavy atom. The van der Waals surface area contributed by atoms with Crippen LogP contribution in [0.1, 0.15) is 129 Å². The fraction of sp³-hybridized carbons (Fsp3) is 0.919. The molecule has 0 aromatic rings. The van der Waals surface area contributed by atoms with E-state index in [1.807, 2.05) is 0 Å². The number of rotatable bonds is 28. The molecule has 0 aromatic carbocycles. The molecule has 2 fully saturated rings. The summed E-state index contributed by atoms with van der Waals surface area (Å²) in [5, 5.41) is 69.8. The molecule has 0 spiro atoms. The molecule has 10 atom stereocenters. The first-order valence-corrected chi connectivity index (χ1v) is 19.1. The van der Waals surface area contributed by atoms with Gasteiger partial charge in [0.2, 0.25) is 0 Å². The lowest BCUT2D eigenvalue weighted by molar-refractivity contribution is -0.305. The molecule has 0 bridgehead atoms. The van der Waals surface area contributed by atoms with Gasteiger partial charge < -0.3 is 54.7 Å². The van der Waals surface area contributed by atoms with E-state index in [4.69, 9.17) is 24.1 Å². The van der Waals surface area contributed by atoms with Crippen molar-refractivity contribution in [2.24, 2.45) is 5.92 Å². The molecule has 288 valence electrons. The first-order chi connectivity index (χ1) is 23.7. The Morgan fingerprint density at radius 1 is 0.735 bits per heavy atom. The van der Waals surface area contributed by atoms with Gasteiger partial charge in [-0.1, -0.05) is 83.3 Å². The topological polar surface area (TPSA) is 196 Å². The highest BCUT2D eigenvalue weighted by Crippen LogP contribution is 2.31. The minimum atomic E-state index is -1.31. The number of ether oxygens (including phenoxy) is 4. The highest BCUT2D eigenvalue weighted by molar-refractivity contribution is 5.66. The fourth-order valence-corrected chi connectivity index (χ4v) is 6.64. The standard InChI is InChI=1S/C37H68O12/c1-2-3-4-16-19-27(20-17-14-12-10-8-6-5-7-9-11-13-15-18-21-33(41)42)48-37-29(34(43)36(45)32(24-39)49-37)26-46-25-28-22-30(40)35(44)31(23-38)47-28/h5-6,27-32,34-40,43-45H,2-4,7-26H2,1H3,(H,41,42)/b6-5+. The summed E-state index contributed by atoms with van der Waals surface area (Å²) in [6.07, 6.45) is 14.3. The van der Waals surface area contributed by atoms with E-state index in [-0.39, 0.29) is 32.2 Å². The van der Waals surface area contributed by atoms with Gasteiger partial charge in [0.05, 0.1) is 56.8 Å². The molecule has 7 N–H and O–H groups in total. The van der Waals surface area contributed by atoms with Crippen molar-refractivity contribution in [3.8, 4) is 0 Å². The van der Waals surface area contributed by atoms with Gasteiger partial charge in [0.25, 0.3) is 0 Å². The Kier molecular flexibility index (Phi) is 23.8. The van der Waals surface area contributed by atoms with Crippen LogP contribution < -0.4 is 0 Å². The van der Waals surface area contributed by atoms with Gasteiger partial charge >= 0.3 is 5.97 Å². The van der Waals surface area contributed by atoms with Gasteiger partial charge in [0.1, 0.15) is 24.4 Å². The van der Waals surface area contributed by atoms with Crippen LogP contribution in [0.5, 0.6) is 0 Å². The smallest absolute Gasteiger partial charge is 0.303 e. The molecule has 49 heavy (non-hydrogen) atoms. The number of unbranched alkanes of at least 4 members (excludes halogenated alkanes) is 12. The van der Waals surface area contributed by atoms with Crippen LogP contribution in [-0.4, -0.2) is 123 Å². The first-order valence-electron chi connectivity index (χ1n) is 19.1. The number of aliphatic carboxylic acids is 1. The van der Waals surface area contributed by atoms with Gasteiger partial charge in [-0.3, -0.25) is 4.79 Å². The summed E-state index contributed by atoms with van der Waals surface area (Å²) >= 11 is 0. The lowest BCUT2D eigenvalue weighted by Crippen LogP contribution is -2.58. The van der Waals surface area contributed by atoms with Crippen molar-refractivity contribution in [2.45, 2.75) is 184 Å². The maximum absolute atomic E-state index is 11.0. The molecule has 0 radical (unpaired) electrons. The van der Waals surface area contributed by atoms with Crippen molar-refractivity contribution >= 4 is 5.97 Å². The minimum absolute atomic E-state index is 0.0216. The maximum Gasteiger partial charge on any atom is 0.303 e. The van der Waals surface area contributed by atoms with Gasteiger partial charge in [-0.2, -0.15) is 0 Å². The molecule has 0 aliphatic carbocycles. The van der Waals surface area contributed by atoms with Crippen LogP contribution >= 0.6 is 0 Å². The van der Waals surface area contributed by atoms with Gasteiger partial charge in [-0.25, -0.2) is 0 Å². The average Bonchev–Trinajstić information content (AvgIpc) is 3.08. The normalized spacial score (nSPS) is 29.8. The predicted molar refractivity (Wildman–Crippen MR) is 185 cm³/mol. The fourth-order valence-electron chi connectivity index (χ4n) is 6.64. The number of carboxylic acid groups (broad SMARTS) is 1. The molecular weight excluding hydrogens is 636 g/mol. The third-order valence-corrected chi connectivity index (χ3v) is 9.73. The number of carboxylic acids is 1. The summed E-state index contributed by atoms with van der Waals surface area (Å²) in [4.78, 5) is 10.6. The predicted octanol–water partition coefficient (Wildman–Crippen LogP) is 4.00. The highest BCUT2D eigenvalue weighted by Gasteiger charge is 2.46. The van der Waals surface area contributed by atoms with Crippen LogP contribution in [0.3, 0.4) is 0 Å². The summed E-state index contributed by atoms with van der Waals surface area (Å²) in [7, 11) is 0. The lowest BCUT2D eigenvalue weighted by atomic mass is 9.91. The zero-order valence-electron chi connectivity index (χ0n) is 29.9. The number of carbonyl (C=O) groups is 1. The van der Waals surface area contributed by atoms with E-state index in [2.05, 4.69) is 19.1 Å². The Morgan fingerprint density at radius 3 is 1.92 bits per heavy atom. The molecule has 2 heterocycles. The molecule has 2 saturated heterocycles. The summed E-state index contributed by atoms with van der Waals surface area (Å²) in [6.45, 7) is 1.29. The first kappa shape index (κ1) is 44.0. The van der Waals surface area contributed by atoms with E-state index >= 15 is 0 Å². The van der Waals surface area contributed by atoms with Crippen LogP contribution in [0.4, 0.5) is 0 Å². The maximum atomic E-state index is 11.0. The molecule has 2 aliphatic rings. The number of aliphatic hydroxyl groups excluding tert-OH is 6. The summed E-state index contributed by atoms with van der Waals surface area (Å²) in [6, 6.07) is 0. The molecule has 12 nitrogen and oxygen atoms in total. The van der Waals surface area contributed by atoms with E-state index in [0.29, 0.717) is 0 Å². The van der Waals surface area contributed by atoms with Crippen LogP contribution in [0, 0.1) is 5.92 Å². The third-order valence-electron chi connectivity index (χ3n) is 9.73. The number of allylic oxidation sites excluding steroid dienone is 2. The Balaban J connectivity index is 1.81. The van der Waals surface area contributed by atoms with Crippen molar-refractivity contribution in [1.82, 2.24) is 0 Å². The summed E-state index contributed by atoms with van der Waals surface area (Å²) in [5.41, 5.74) is 0. The largest absolute Gasteiger partial charge is 0.481 e. The Labute approximate surface area is 293 Å². The van der Waals surface area contributed by atoms with E-state index in [9.17, 15) is 35.4 Å². The average molecular weight is 705 g/mol. The zero-order chi connectivity index (χ0) is 35.9. The van der Waals surface area contributed by atoms with E-state index in [0.717, 1.165) is 109 Å². The summed E-state index contributed by atoms with van der Waals surface area (Å²) in [5.74, 6) is -1.44. The molecule has 2 rings (SSSR count). The molecule has 0 aromatic heterocycles. The van der Waals surface area contributed by atoms with Gasteiger partial charge in [0, 0.05) is 12.8 Å². The molecule has 0 saturated carbocycles. The summed E-state index contributed by atoms with van der Waals surface area (Å²) < 4.78 is 24.0. The van der Waals surface area contributed by atoms with Crippen molar-refractivity contribution in [2.75, 3.05) is 26.4 Å². The van der Waals surface area contributed by atoms with E-state index in [1.165, 1.54) is 0 Å². The van der Waals surface area contributed by atoms with Gasteiger partial charge in [0.15, 0.2) is 6.29 Å². The molecule has 12 heteroatoms. The highest BCUT2D eigenvalue weighted by atomic mass is 16.7. The molecule has 10 unspecified atom stereocenters. The molecule has 2 aliphatic heterocycles. The van der Waals surface area contributed by atoms with E-state index < -0.39 is 74.1 Å². The van der Waals surface area contributed by atoms with Crippen molar-refractivity contribution in [3.63, 3.8) is 0 Å². The van der Waals surface area contributed by atoms with Crippen LogP contribution in [0.15, 0.2) is 12.2 Å². The van der Waals surface area contributed by atoms with Crippen LogP contribution in [0.2, 0.25) is 0 Å². The van der Waals surface area contributed by atoms with E-state index in [1.54, 1.807) is 0 Å². The number of hydrogen-bond donors (Lipinski definition) is 7. The zero-order valence-corrected chi connectivity index (χ0v) is 29.9. The SMILES string of the molecule is CCCCCCC(CCCCCC/C=C/CCCCCCCC(=O)O)OC1OC(CO)C(O)C(O)C1COCC1CC(O)C(O)C(CO)O1. The third kappa shape index (κ3) is 17.7. The second-order valence-electron chi connectivity index (χ2n) is 14.0. The minimum Gasteiger partial charge on any atom is -0.481 e. The quantitative estimate of drug-likeness (QED) is 0.0458. The van der Waals surface area contributed by atoms with Gasteiger partial charge in [-0.15, -0.1) is 0 Å². The van der Waals surface area contributed by atoms with Crippen molar-refractivity contribution in [1.29, 1.82) is 0 Å². The monoisotopic (exact) mass is 704 g/mol.